The summed E-state index contributed by atoms with van der Waals surface area (Å²) in [6.07, 6.45) is 2.33. The van der Waals surface area contributed by atoms with E-state index in [1.54, 1.807) is 0 Å². The minimum atomic E-state index is -1.86. The van der Waals surface area contributed by atoms with E-state index in [-0.39, 0.29) is 5.04 Å². The van der Waals surface area contributed by atoms with Crippen molar-refractivity contribution in [1.82, 2.24) is 0 Å². The van der Waals surface area contributed by atoms with Crippen LogP contribution in [0.25, 0.3) is 0 Å². The number of aryl methyl sites for hydroxylation is 1. The Labute approximate surface area is 130 Å². The maximum Gasteiger partial charge on any atom is 0.196 e. The zero-order valence-corrected chi connectivity index (χ0v) is 15.2. The largest absolute Gasteiger partial charge is 0.386 e. The average molecular weight is 305 g/mol. The van der Waals surface area contributed by atoms with Crippen molar-refractivity contribution in [1.29, 1.82) is 0 Å². The van der Waals surface area contributed by atoms with E-state index in [4.69, 9.17) is 9.16 Å². The van der Waals surface area contributed by atoms with Crippen LogP contribution in [-0.4, -0.2) is 14.9 Å². The van der Waals surface area contributed by atoms with Gasteiger partial charge in [0.15, 0.2) is 14.1 Å². The maximum absolute atomic E-state index is 6.81. The molecule has 0 aromatic heterocycles. The molecule has 1 aliphatic heterocycles. The molecule has 2 nitrogen and oxygen atoms in total. The Hall–Kier alpha value is -0.643. The number of hydrogen-bond acceptors (Lipinski definition) is 2. The first-order valence-electron chi connectivity index (χ1n) is 8.12. The molecular formula is C18H28O2Si. The van der Waals surface area contributed by atoms with Gasteiger partial charge in [0.25, 0.3) is 0 Å². The van der Waals surface area contributed by atoms with Crippen LogP contribution in [-0.2, 0) is 14.9 Å². The van der Waals surface area contributed by atoms with Crippen LogP contribution in [0.3, 0.4) is 0 Å². The molecule has 1 aromatic rings. The van der Waals surface area contributed by atoms with Crippen LogP contribution in [0.5, 0.6) is 0 Å². The van der Waals surface area contributed by atoms with E-state index in [0.29, 0.717) is 5.92 Å². The zero-order valence-electron chi connectivity index (χ0n) is 14.2. The molecule has 0 N–H and O–H groups in total. The normalized spacial score (nSPS) is 28.6. The van der Waals surface area contributed by atoms with Crippen LogP contribution >= 0.6 is 0 Å². The third-order valence-corrected chi connectivity index (χ3v) is 10.0. The molecule has 3 rings (SSSR count). The lowest BCUT2D eigenvalue weighted by atomic mass is 9.68. The molecule has 2 atom stereocenters. The quantitative estimate of drug-likeness (QED) is 0.710. The first-order valence-corrected chi connectivity index (χ1v) is 11.0. The third-order valence-electron chi connectivity index (χ3n) is 5.58. The van der Waals surface area contributed by atoms with Gasteiger partial charge in [-0.15, -0.1) is 0 Å². The Morgan fingerprint density at radius 3 is 2.67 bits per heavy atom. The molecule has 0 spiro atoms. The number of fused-ring (bicyclic) bond motifs is 4. The molecule has 116 valence electrons. The van der Waals surface area contributed by atoms with Crippen molar-refractivity contribution >= 4 is 8.32 Å². The molecule has 0 amide bonds. The van der Waals surface area contributed by atoms with Crippen molar-refractivity contribution < 1.29 is 9.16 Å². The number of rotatable bonds is 2. The monoisotopic (exact) mass is 304 g/mol. The van der Waals surface area contributed by atoms with Crippen molar-refractivity contribution in [2.45, 2.75) is 70.4 Å². The Balaban J connectivity index is 2.00. The highest BCUT2D eigenvalue weighted by atomic mass is 28.4. The van der Waals surface area contributed by atoms with E-state index in [2.05, 4.69) is 59.0 Å². The van der Waals surface area contributed by atoms with Crippen LogP contribution in [0.15, 0.2) is 18.2 Å². The topological polar surface area (TPSA) is 18.5 Å². The van der Waals surface area contributed by atoms with Crippen LogP contribution in [0.1, 0.15) is 56.2 Å². The molecule has 2 aliphatic rings. The van der Waals surface area contributed by atoms with Crippen LogP contribution < -0.4 is 0 Å². The minimum Gasteiger partial charge on any atom is -0.386 e. The highest BCUT2D eigenvalue weighted by Crippen LogP contribution is 2.60. The summed E-state index contributed by atoms with van der Waals surface area (Å²) in [5.74, 6) is -0.0279. The van der Waals surface area contributed by atoms with E-state index >= 15 is 0 Å². The lowest BCUT2D eigenvalue weighted by Gasteiger charge is -2.57. The van der Waals surface area contributed by atoms with Crippen molar-refractivity contribution in [3.8, 4) is 0 Å². The van der Waals surface area contributed by atoms with E-state index in [1.807, 2.05) is 0 Å². The average Bonchev–Trinajstić information content (AvgIpc) is 2.36. The van der Waals surface area contributed by atoms with E-state index in [0.717, 1.165) is 13.0 Å². The Bertz CT molecular complexity index is 559. The molecule has 0 bridgehead atoms. The highest BCUT2D eigenvalue weighted by Gasteiger charge is 2.59. The summed E-state index contributed by atoms with van der Waals surface area (Å²) in [5.41, 5.74) is 4.07. The van der Waals surface area contributed by atoms with Crippen molar-refractivity contribution in [3.63, 3.8) is 0 Å². The van der Waals surface area contributed by atoms with E-state index in [9.17, 15) is 0 Å². The third kappa shape index (κ3) is 2.21. The van der Waals surface area contributed by atoms with Crippen molar-refractivity contribution in [2.24, 2.45) is 0 Å². The standard InChI is InChI=1S/C18H28O2Si/c1-13-9-10-16-14(12-13)15-8-7-11-19-18(15,16)20-21(5,6)17(2,3)4/h9-10,12,15H,7-8,11H2,1-6H3. The minimum absolute atomic E-state index is 0.202. The van der Waals surface area contributed by atoms with Gasteiger partial charge < -0.3 is 9.16 Å². The Morgan fingerprint density at radius 1 is 1.29 bits per heavy atom. The van der Waals surface area contributed by atoms with E-state index in [1.165, 1.54) is 23.1 Å². The second-order valence-electron chi connectivity index (χ2n) is 8.16. The molecular weight excluding hydrogens is 276 g/mol. The molecule has 1 aromatic carbocycles. The number of hydrogen-bond donors (Lipinski definition) is 0. The predicted octanol–water partition coefficient (Wildman–Crippen LogP) is 5.08. The van der Waals surface area contributed by atoms with Gasteiger partial charge >= 0.3 is 0 Å². The van der Waals surface area contributed by atoms with Crippen LogP contribution in [0, 0.1) is 6.92 Å². The van der Waals surface area contributed by atoms with Gasteiger partial charge in [-0.05, 0) is 43.5 Å². The molecule has 0 radical (unpaired) electrons. The fourth-order valence-corrected chi connectivity index (χ4v) is 4.70. The maximum atomic E-state index is 6.81. The summed E-state index contributed by atoms with van der Waals surface area (Å²) in [6.45, 7) is 14.5. The second-order valence-corrected chi connectivity index (χ2v) is 12.9. The Morgan fingerprint density at radius 2 is 2.00 bits per heavy atom. The van der Waals surface area contributed by atoms with Gasteiger partial charge in [-0.1, -0.05) is 44.5 Å². The molecule has 1 aliphatic carbocycles. The van der Waals surface area contributed by atoms with Gasteiger partial charge in [-0.25, -0.2) is 0 Å². The summed E-state index contributed by atoms with van der Waals surface area (Å²) in [6, 6.07) is 6.73. The first kappa shape index (κ1) is 15.3. The highest BCUT2D eigenvalue weighted by molar-refractivity contribution is 6.74. The SMILES string of the molecule is Cc1ccc2c(c1)C1CCCOC21O[Si](C)(C)C(C)(C)C. The van der Waals surface area contributed by atoms with Gasteiger partial charge in [0.2, 0.25) is 0 Å². The second kappa shape index (κ2) is 4.67. The molecule has 1 heterocycles. The summed E-state index contributed by atoms with van der Waals surface area (Å²) in [7, 11) is -1.86. The number of benzene rings is 1. The molecule has 2 unspecified atom stereocenters. The van der Waals surface area contributed by atoms with Gasteiger partial charge in [0.1, 0.15) is 0 Å². The van der Waals surface area contributed by atoms with Crippen LogP contribution in [0.2, 0.25) is 18.1 Å². The van der Waals surface area contributed by atoms with Gasteiger partial charge in [0.05, 0.1) is 6.61 Å². The van der Waals surface area contributed by atoms with E-state index < -0.39 is 14.1 Å². The lowest BCUT2D eigenvalue weighted by Crippen LogP contribution is -2.58. The molecule has 1 fully saturated rings. The fraction of sp³-hybridized carbons (Fsp3) is 0.667. The smallest absolute Gasteiger partial charge is 0.196 e. The lowest BCUT2D eigenvalue weighted by molar-refractivity contribution is -0.254. The van der Waals surface area contributed by atoms with Gasteiger partial charge in [0, 0.05) is 11.5 Å². The predicted molar refractivity (Wildman–Crippen MR) is 89.1 cm³/mol. The summed E-state index contributed by atoms with van der Waals surface area (Å²) >= 11 is 0. The van der Waals surface area contributed by atoms with Gasteiger partial charge in [-0.2, -0.15) is 0 Å². The molecule has 3 heteroatoms. The fourth-order valence-electron chi connectivity index (χ4n) is 3.33. The van der Waals surface area contributed by atoms with Gasteiger partial charge in [-0.3, -0.25) is 0 Å². The number of ether oxygens (including phenoxy) is 1. The molecule has 1 saturated heterocycles. The molecule has 0 saturated carbocycles. The van der Waals surface area contributed by atoms with Crippen molar-refractivity contribution in [2.75, 3.05) is 6.61 Å². The van der Waals surface area contributed by atoms with Crippen molar-refractivity contribution in [3.05, 3.63) is 34.9 Å². The Kier molecular flexibility index (Phi) is 3.40. The summed E-state index contributed by atoms with van der Waals surface area (Å²) < 4.78 is 13.1. The summed E-state index contributed by atoms with van der Waals surface area (Å²) in [4.78, 5) is 0. The first-order chi connectivity index (χ1) is 9.67. The summed E-state index contributed by atoms with van der Waals surface area (Å²) in [5, 5.41) is 0.202. The zero-order chi connectivity index (χ0) is 15.5. The molecule has 21 heavy (non-hydrogen) atoms. The van der Waals surface area contributed by atoms with Crippen LogP contribution in [0.4, 0.5) is 0 Å².